The summed E-state index contributed by atoms with van der Waals surface area (Å²) in [6, 6.07) is 7.06. The number of nitrogens with zero attached hydrogens (tertiary/aromatic N) is 2. The number of rotatable bonds is 7. The van der Waals surface area contributed by atoms with Gasteiger partial charge >= 0.3 is 0 Å². The number of aromatic hydroxyl groups is 1. The van der Waals surface area contributed by atoms with Crippen molar-refractivity contribution >= 4 is 11.9 Å². The van der Waals surface area contributed by atoms with E-state index in [1.807, 2.05) is 12.1 Å². The molecule has 0 atom stereocenters. The molecular formula is C25H30N2O6. The van der Waals surface area contributed by atoms with Crippen molar-refractivity contribution in [3.63, 3.8) is 0 Å². The van der Waals surface area contributed by atoms with Gasteiger partial charge in [-0.1, -0.05) is 12.1 Å². The van der Waals surface area contributed by atoms with Crippen molar-refractivity contribution in [1.82, 2.24) is 9.80 Å². The number of benzene rings is 2. The Hall–Kier alpha value is -3.07. The smallest absolute Gasteiger partial charge is 0.232 e. The molecule has 0 aromatic heterocycles. The number of aliphatic hydroxyl groups is 1. The Morgan fingerprint density at radius 1 is 1.12 bits per heavy atom. The van der Waals surface area contributed by atoms with Crippen molar-refractivity contribution in [1.29, 1.82) is 0 Å². The standard InChI is InChI=1S/C25H30N2O6/c1-16-13-19(29)18(15-27-9-7-26(8-10-27)11-12-28)25-22(16)23(30)21(33-25)14-17-5-4-6-20(31-2)24(17)32-3/h4-6,13-14,28-29H,7-12,15H2,1-3H3/b21-14+. The van der Waals surface area contributed by atoms with Gasteiger partial charge in [-0.15, -0.1) is 0 Å². The average Bonchev–Trinajstić information content (AvgIpc) is 3.14. The van der Waals surface area contributed by atoms with Gasteiger partial charge in [0.25, 0.3) is 0 Å². The van der Waals surface area contributed by atoms with Gasteiger partial charge in [0.05, 0.1) is 32.0 Å². The van der Waals surface area contributed by atoms with Crippen molar-refractivity contribution in [3.05, 3.63) is 52.3 Å². The quantitative estimate of drug-likeness (QED) is 0.617. The predicted molar refractivity (Wildman–Crippen MR) is 124 cm³/mol. The van der Waals surface area contributed by atoms with Gasteiger partial charge in [0.2, 0.25) is 5.78 Å². The summed E-state index contributed by atoms with van der Waals surface area (Å²) in [7, 11) is 3.11. The van der Waals surface area contributed by atoms with E-state index >= 15 is 0 Å². The van der Waals surface area contributed by atoms with Crippen LogP contribution in [-0.2, 0) is 6.54 Å². The van der Waals surface area contributed by atoms with Crippen LogP contribution in [0.3, 0.4) is 0 Å². The van der Waals surface area contributed by atoms with Crippen LogP contribution in [0.5, 0.6) is 23.0 Å². The molecule has 2 heterocycles. The predicted octanol–water partition coefficient (Wildman–Crippen LogP) is 2.44. The van der Waals surface area contributed by atoms with E-state index in [9.17, 15) is 9.90 Å². The average molecular weight is 455 g/mol. The molecule has 0 aliphatic carbocycles. The van der Waals surface area contributed by atoms with Gasteiger partial charge in [-0.3, -0.25) is 14.6 Å². The normalized spacial score (nSPS) is 17.8. The molecule has 0 bridgehead atoms. The van der Waals surface area contributed by atoms with E-state index < -0.39 is 0 Å². The van der Waals surface area contributed by atoms with E-state index in [0.717, 1.165) is 26.2 Å². The number of methoxy groups -OCH3 is 2. The Morgan fingerprint density at radius 3 is 2.52 bits per heavy atom. The number of β-amino-alcohol motifs (C(OH)–C–C–N with tert-alkyl or cyclic N) is 1. The van der Waals surface area contributed by atoms with E-state index in [-0.39, 0.29) is 23.9 Å². The number of para-hydroxylation sites is 1. The summed E-state index contributed by atoms with van der Waals surface area (Å²) in [5.74, 6) is 1.58. The maximum Gasteiger partial charge on any atom is 0.232 e. The van der Waals surface area contributed by atoms with E-state index in [4.69, 9.17) is 19.3 Å². The Labute approximate surface area is 193 Å². The van der Waals surface area contributed by atoms with Crippen LogP contribution < -0.4 is 14.2 Å². The van der Waals surface area contributed by atoms with Crippen molar-refractivity contribution in [2.24, 2.45) is 0 Å². The fourth-order valence-electron chi connectivity index (χ4n) is 4.44. The third-order valence-corrected chi connectivity index (χ3v) is 6.20. The zero-order valence-corrected chi connectivity index (χ0v) is 19.3. The van der Waals surface area contributed by atoms with Crippen molar-refractivity contribution in [3.8, 4) is 23.0 Å². The van der Waals surface area contributed by atoms with Crippen LogP contribution >= 0.6 is 0 Å². The maximum atomic E-state index is 13.3. The molecule has 2 aliphatic rings. The number of fused-ring (bicyclic) bond motifs is 1. The third kappa shape index (κ3) is 4.55. The zero-order chi connectivity index (χ0) is 23.5. The summed E-state index contributed by atoms with van der Waals surface area (Å²) < 4.78 is 16.9. The van der Waals surface area contributed by atoms with Gasteiger partial charge < -0.3 is 24.4 Å². The van der Waals surface area contributed by atoms with Crippen LogP contribution in [-0.4, -0.2) is 79.3 Å². The first-order valence-corrected chi connectivity index (χ1v) is 11.0. The molecule has 2 N–H and O–H groups in total. The molecule has 1 fully saturated rings. The van der Waals surface area contributed by atoms with Crippen LogP contribution in [0.2, 0.25) is 0 Å². The number of phenols is 1. The molecule has 8 heteroatoms. The summed E-state index contributed by atoms with van der Waals surface area (Å²) in [6.45, 7) is 6.38. The van der Waals surface area contributed by atoms with E-state index in [2.05, 4.69) is 9.80 Å². The molecule has 0 unspecified atom stereocenters. The number of carbonyl (C=O) groups is 1. The van der Waals surface area contributed by atoms with Gasteiger partial charge in [-0.25, -0.2) is 0 Å². The number of hydrogen-bond acceptors (Lipinski definition) is 8. The lowest BCUT2D eigenvalue weighted by Gasteiger charge is -2.34. The molecule has 4 rings (SSSR count). The number of ether oxygens (including phenoxy) is 3. The minimum Gasteiger partial charge on any atom is -0.507 e. The molecule has 0 amide bonds. The molecule has 33 heavy (non-hydrogen) atoms. The highest BCUT2D eigenvalue weighted by molar-refractivity contribution is 6.16. The van der Waals surface area contributed by atoms with Crippen LogP contribution in [0, 0.1) is 6.92 Å². The second-order valence-corrected chi connectivity index (χ2v) is 8.26. The van der Waals surface area contributed by atoms with Crippen molar-refractivity contribution < 1.29 is 29.2 Å². The number of ketones is 1. The van der Waals surface area contributed by atoms with Gasteiger partial charge in [0.15, 0.2) is 17.3 Å². The fraction of sp³-hybridized carbons (Fsp3) is 0.400. The second-order valence-electron chi connectivity index (χ2n) is 8.26. The maximum absolute atomic E-state index is 13.3. The topological polar surface area (TPSA) is 91.7 Å². The number of aliphatic hydroxyl groups excluding tert-OH is 1. The summed E-state index contributed by atoms with van der Waals surface area (Å²) >= 11 is 0. The van der Waals surface area contributed by atoms with Gasteiger partial charge in [-0.2, -0.15) is 0 Å². The highest BCUT2D eigenvalue weighted by Crippen LogP contribution is 2.43. The number of allylic oxidation sites excluding steroid dienone is 1. The molecular weight excluding hydrogens is 424 g/mol. The third-order valence-electron chi connectivity index (χ3n) is 6.20. The number of Topliss-reactive ketones (excluding diaryl/α,β-unsaturated/α-hetero) is 1. The largest absolute Gasteiger partial charge is 0.507 e. The van der Waals surface area contributed by atoms with Gasteiger partial charge in [0, 0.05) is 44.8 Å². The first-order chi connectivity index (χ1) is 16.0. The lowest BCUT2D eigenvalue weighted by molar-refractivity contribution is 0.101. The summed E-state index contributed by atoms with van der Waals surface area (Å²) in [5.41, 5.74) is 2.43. The Balaban J connectivity index is 1.63. The van der Waals surface area contributed by atoms with Crippen LogP contribution in [0.15, 0.2) is 30.0 Å². The summed E-state index contributed by atoms with van der Waals surface area (Å²) in [4.78, 5) is 17.7. The first kappa shape index (κ1) is 23.1. The number of phenolic OH excluding ortho intramolecular Hbond substituents is 1. The van der Waals surface area contributed by atoms with E-state index in [0.29, 0.717) is 52.6 Å². The SMILES string of the molecule is COc1cccc(/C=C2/Oc3c(CN4CCN(CCO)CC4)c(O)cc(C)c3C2=O)c1OC. The van der Waals surface area contributed by atoms with Crippen molar-refractivity contribution in [2.45, 2.75) is 13.5 Å². The molecule has 0 radical (unpaired) electrons. The molecule has 2 aromatic rings. The number of carbonyl (C=O) groups excluding carboxylic acids is 1. The fourth-order valence-corrected chi connectivity index (χ4v) is 4.44. The van der Waals surface area contributed by atoms with Crippen LogP contribution in [0.1, 0.15) is 27.0 Å². The highest BCUT2D eigenvalue weighted by atomic mass is 16.5. The summed E-state index contributed by atoms with van der Waals surface area (Å²) in [5, 5.41) is 19.9. The number of hydrogen-bond donors (Lipinski definition) is 2. The lowest BCUT2D eigenvalue weighted by atomic mass is 9.99. The minimum absolute atomic E-state index is 0.122. The van der Waals surface area contributed by atoms with Crippen molar-refractivity contribution in [2.75, 3.05) is 53.6 Å². The molecule has 8 nitrogen and oxygen atoms in total. The molecule has 1 saturated heterocycles. The molecule has 2 aliphatic heterocycles. The summed E-state index contributed by atoms with van der Waals surface area (Å²) in [6.07, 6.45) is 1.65. The Morgan fingerprint density at radius 2 is 1.85 bits per heavy atom. The minimum atomic E-state index is -0.221. The second kappa shape index (κ2) is 9.82. The molecule has 176 valence electrons. The van der Waals surface area contributed by atoms with Gasteiger partial charge in [-0.05, 0) is 30.7 Å². The van der Waals surface area contributed by atoms with Gasteiger partial charge in [0.1, 0.15) is 11.5 Å². The Bertz CT molecular complexity index is 1070. The number of aryl methyl sites for hydroxylation is 1. The first-order valence-electron chi connectivity index (χ1n) is 11.0. The van der Waals surface area contributed by atoms with Crippen LogP contribution in [0.4, 0.5) is 0 Å². The monoisotopic (exact) mass is 454 g/mol. The van der Waals surface area contributed by atoms with E-state index in [1.54, 1.807) is 39.4 Å². The molecule has 2 aromatic carbocycles. The molecule has 0 saturated carbocycles. The van der Waals surface area contributed by atoms with Crippen LogP contribution in [0.25, 0.3) is 6.08 Å². The zero-order valence-electron chi connectivity index (χ0n) is 19.3. The number of piperazine rings is 1. The lowest BCUT2D eigenvalue weighted by Crippen LogP contribution is -2.46. The Kier molecular flexibility index (Phi) is 6.88. The molecule has 0 spiro atoms. The van der Waals surface area contributed by atoms with E-state index in [1.165, 1.54) is 0 Å². The highest BCUT2D eigenvalue weighted by Gasteiger charge is 2.34.